The van der Waals surface area contributed by atoms with Crippen molar-refractivity contribution in [1.82, 2.24) is 9.78 Å². The molecule has 0 spiro atoms. The molecule has 31 heavy (non-hydrogen) atoms. The molecule has 4 nitrogen and oxygen atoms in total. The van der Waals surface area contributed by atoms with Gasteiger partial charge in [0.1, 0.15) is 0 Å². The second kappa shape index (κ2) is 8.60. The summed E-state index contributed by atoms with van der Waals surface area (Å²) in [5.74, 6) is -0.330. The van der Waals surface area contributed by atoms with Crippen molar-refractivity contribution in [3.05, 3.63) is 101 Å². The number of rotatable bonds is 5. The van der Waals surface area contributed by atoms with Crippen LogP contribution in [-0.2, 0) is 11.3 Å². The fourth-order valence-corrected chi connectivity index (χ4v) is 3.93. The van der Waals surface area contributed by atoms with Crippen molar-refractivity contribution in [2.75, 3.05) is 7.11 Å². The largest absolute Gasteiger partial charge is 0.465 e. The Morgan fingerprint density at radius 1 is 0.871 bits per heavy atom. The van der Waals surface area contributed by atoms with Gasteiger partial charge in [0.25, 0.3) is 0 Å². The first-order valence-electron chi connectivity index (χ1n) is 10.3. The summed E-state index contributed by atoms with van der Waals surface area (Å²) in [6, 6.07) is 24.5. The van der Waals surface area contributed by atoms with Crippen LogP contribution in [0.5, 0.6) is 0 Å². The normalized spacial score (nSPS) is 10.8. The summed E-state index contributed by atoms with van der Waals surface area (Å²) in [5, 5.41) is 5.02. The summed E-state index contributed by atoms with van der Waals surface area (Å²) in [7, 11) is 1.39. The Morgan fingerprint density at radius 3 is 2.10 bits per heavy atom. The minimum atomic E-state index is -0.330. The lowest BCUT2D eigenvalue weighted by atomic mass is 10.0. The second-order valence-corrected chi connectivity index (χ2v) is 7.91. The highest BCUT2D eigenvalue weighted by atomic mass is 16.5. The monoisotopic (exact) mass is 410 g/mol. The van der Waals surface area contributed by atoms with E-state index in [1.165, 1.54) is 18.2 Å². The van der Waals surface area contributed by atoms with Crippen molar-refractivity contribution in [2.45, 2.75) is 27.3 Å². The highest BCUT2D eigenvalue weighted by Crippen LogP contribution is 2.33. The first-order valence-corrected chi connectivity index (χ1v) is 10.3. The number of esters is 1. The number of hydrogen-bond donors (Lipinski definition) is 0. The zero-order chi connectivity index (χ0) is 22.0. The van der Waals surface area contributed by atoms with Crippen LogP contribution >= 0.6 is 0 Å². The SMILES string of the molecule is COC(=O)c1ccc(Cn2nc(-c3cccc(C)c3)c(C)c2-c2cccc(C)c2)cc1. The van der Waals surface area contributed by atoms with Gasteiger partial charge in [0.15, 0.2) is 0 Å². The highest BCUT2D eigenvalue weighted by molar-refractivity contribution is 5.89. The van der Waals surface area contributed by atoms with Gasteiger partial charge in [-0.15, -0.1) is 0 Å². The number of hydrogen-bond acceptors (Lipinski definition) is 3. The van der Waals surface area contributed by atoms with E-state index in [-0.39, 0.29) is 5.97 Å². The quantitative estimate of drug-likeness (QED) is 0.380. The molecule has 0 saturated heterocycles. The molecule has 0 saturated carbocycles. The molecule has 4 rings (SSSR count). The molecule has 0 unspecified atom stereocenters. The minimum Gasteiger partial charge on any atom is -0.465 e. The Balaban J connectivity index is 1.80. The third-order valence-corrected chi connectivity index (χ3v) is 5.48. The Hall–Kier alpha value is -3.66. The summed E-state index contributed by atoms with van der Waals surface area (Å²) >= 11 is 0. The van der Waals surface area contributed by atoms with Gasteiger partial charge in [0.2, 0.25) is 0 Å². The van der Waals surface area contributed by atoms with Crippen molar-refractivity contribution in [2.24, 2.45) is 0 Å². The number of carbonyl (C=O) groups is 1. The van der Waals surface area contributed by atoms with Gasteiger partial charge in [0, 0.05) is 16.7 Å². The average Bonchev–Trinajstić information content (AvgIpc) is 3.09. The van der Waals surface area contributed by atoms with Crippen molar-refractivity contribution >= 4 is 5.97 Å². The molecule has 0 aliphatic carbocycles. The van der Waals surface area contributed by atoms with Crippen LogP contribution in [0, 0.1) is 20.8 Å². The van der Waals surface area contributed by atoms with E-state index in [2.05, 4.69) is 74.0 Å². The molecule has 0 bridgehead atoms. The zero-order valence-electron chi connectivity index (χ0n) is 18.3. The molecule has 1 heterocycles. The first-order chi connectivity index (χ1) is 15.0. The maximum Gasteiger partial charge on any atom is 0.337 e. The van der Waals surface area contributed by atoms with Crippen molar-refractivity contribution in [1.29, 1.82) is 0 Å². The fraction of sp³-hybridized carbons (Fsp3) is 0.185. The van der Waals surface area contributed by atoms with Crippen LogP contribution in [0.4, 0.5) is 0 Å². The number of methoxy groups -OCH3 is 1. The third-order valence-electron chi connectivity index (χ3n) is 5.48. The Morgan fingerprint density at radius 2 is 1.48 bits per heavy atom. The summed E-state index contributed by atoms with van der Waals surface area (Å²) < 4.78 is 6.87. The summed E-state index contributed by atoms with van der Waals surface area (Å²) in [5.41, 5.74) is 9.56. The van der Waals surface area contributed by atoms with Crippen LogP contribution in [0.3, 0.4) is 0 Å². The van der Waals surface area contributed by atoms with Crippen LogP contribution in [0.25, 0.3) is 22.5 Å². The highest BCUT2D eigenvalue weighted by Gasteiger charge is 2.18. The maximum absolute atomic E-state index is 11.7. The van der Waals surface area contributed by atoms with Crippen LogP contribution < -0.4 is 0 Å². The molecule has 0 fully saturated rings. The average molecular weight is 411 g/mol. The van der Waals surface area contributed by atoms with E-state index in [1.807, 2.05) is 12.1 Å². The van der Waals surface area contributed by atoms with E-state index in [0.29, 0.717) is 12.1 Å². The van der Waals surface area contributed by atoms with Gasteiger partial charge in [-0.25, -0.2) is 4.79 Å². The van der Waals surface area contributed by atoms with Gasteiger partial charge in [-0.1, -0.05) is 59.7 Å². The predicted molar refractivity (Wildman–Crippen MR) is 124 cm³/mol. The van der Waals surface area contributed by atoms with E-state index in [4.69, 9.17) is 9.84 Å². The molecule has 4 heteroatoms. The van der Waals surface area contributed by atoms with Crippen LogP contribution in [0.15, 0.2) is 72.8 Å². The smallest absolute Gasteiger partial charge is 0.337 e. The van der Waals surface area contributed by atoms with E-state index in [9.17, 15) is 4.79 Å². The lowest BCUT2D eigenvalue weighted by Gasteiger charge is -2.10. The second-order valence-electron chi connectivity index (χ2n) is 7.91. The van der Waals surface area contributed by atoms with Gasteiger partial charge in [-0.2, -0.15) is 5.10 Å². The number of benzene rings is 3. The molecule has 1 aromatic heterocycles. The Bertz CT molecular complexity index is 1240. The van der Waals surface area contributed by atoms with Gasteiger partial charge >= 0.3 is 5.97 Å². The van der Waals surface area contributed by atoms with Crippen molar-refractivity contribution < 1.29 is 9.53 Å². The zero-order valence-corrected chi connectivity index (χ0v) is 18.3. The van der Waals surface area contributed by atoms with Crippen LogP contribution in [0.2, 0.25) is 0 Å². The standard InChI is InChI=1S/C27H26N2O2/c1-18-7-5-9-23(15-18)25-20(3)26(24-10-6-8-19(2)16-24)29(28-25)17-21-11-13-22(14-12-21)27(30)31-4/h5-16H,17H2,1-4H3. The lowest BCUT2D eigenvalue weighted by molar-refractivity contribution is 0.0600. The van der Waals surface area contributed by atoms with Gasteiger partial charge in [0.05, 0.1) is 30.6 Å². The fourth-order valence-electron chi connectivity index (χ4n) is 3.93. The molecular weight excluding hydrogens is 384 g/mol. The van der Waals surface area contributed by atoms with Crippen molar-refractivity contribution in [3.8, 4) is 22.5 Å². The number of nitrogens with zero attached hydrogens (tertiary/aromatic N) is 2. The first kappa shape index (κ1) is 20.6. The van der Waals surface area contributed by atoms with Crippen LogP contribution in [0.1, 0.15) is 32.6 Å². The Kier molecular flexibility index (Phi) is 5.72. The number of carbonyl (C=O) groups excluding carboxylic acids is 1. The van der Waals surface area contributed by atoms with Gasteiger partial charge in [-0.05, 0) is 50.6 Å². The number of aryl methyl sites for hydroxylation is 2. The molecule has 156 valence electrons. The topological polar surface area (TPSA) is 44.1 Å². The molecule has 0 aliphatic rings. The molecule has 0 radical (unpaired) electrons. The molecule has 4 aromatic rings. The van der Waals surface area contributed by atoms with E-state index in [0.717, 1.165) is 33.6 Å². The third kappa shape index (κ3) is 4.29. The van der Waals surface area contributed by atoms with E-state index < -0.39 is 0 Å². The lowest BCUT2D eigenvalue weighted by Crippen LogP contribution is -2.06. The number of aromatic nitrogens is 2. The molecular formula is C27H26N2O2. The molecule has 0 N–H and O–H groups in total. The Labute approximate surface area is 183 Å². The molecule has 0 aliphatic heterocycles. The molecule has 3 aromatic carbocycles. The van der Waals surface area contributed by atoms with E-state index in [1.54, 1.807) is 12.1 Å². The van der Waals surface area contributed by atoms with Gasteiger partial charge in [-0.3, -0.25) is 4.68 Å². The summed E-state index contributed by atoms with van der Waals surface area (Å²) in [4.78, 5) is 11.7. The number of ether oxygens (including phenoxy) is 1. The van der Waals surface area contributed by atoms with Crippen LogP contribution in [-0.4, -0.2) is 22.9 Å². The predicted octanol–water partition coefficient (Wildman–Crippen LogP) is 5.98. The van der Waals surface area contributed by atoms with Gasteiger partial charge < -0.3 is 4.74 Å². The summed E-state index contributed by atoms with van der Waals surface area (Å²) in [6.07, 6.45) is 0. The minimum absolute atomic E-state index is 0.330. The molecule has 0 amide bonds. The van der Waals surface area contributed by atoms with E-state index >= 15 is 0 Å². The maximum atomic E-state index is 11.7. The summed E-state index contributed by atoms with van der Waals surface area (Å²) in [6.45, 7) is 6.95. The molecule has 0 atom stereocenters. The van der Waals surface area contributed by atoms with Crippen molar-refractivity contribution in [3.63, 3.8) is 0 Å².